The van der Waals surface area contributed by atoms with Crippen LogP contribution in [0.1, 0.15) is 22.6 Å². The van der Waals surface area contributed by atoms with Crippen molar-refractivity contribution < 1.29 is 40.6 Å². The van der Waals surface area contributed by atoms with Gasteiger partial charge < -0.3 is 14.3 Å². The molecule has 8 nitrogen and oxygen atoms in total. The van der Waals surface area contributed by atoms with E-state index in [9.17, 15) is 31.5 Å². The lowest BCUT2D eigenvalue weighted by atomic mass is 10.1. The number of benzene rings is 3. The highest BCUT2D eigenvalue weighted by Gasteiger charge is 2.42. The molecule has 0 radical (unpaired) electrons. The lowest BCUT2D eigenvalue weighted by Crippen LogP contribution is -2.42. The Labute approximate surface area is 221 Å². The number of aryl methyl sites for hydroxylation is 1. The second-order valence-corrected chi connectivity index (χ2v) is 10.7. The monoisotopic (exact) mass is 558 g/mol. The molecule has 1 atom stereocenters. The van der Waals surface area contributed by atoms with Crippen LogP contribution in [0.3, 0.4) is 0 Å². The van der Waals surface area contributed by atoms with Crippen molar-refractivity contribution in [2.45, 2.75) is 37.1 Å². The van der Waals surface area contributed by atoms with Gasteiger partial charge in [0.1, 0.15) is 29.9 Å². The van der Waals surface area contributed by atoms with Crippen molar-refractivity contribution in [1.29, 1.82) is 0 Å². The summed E-state index contributed by atoms with van der Waals surface area (Å²) in [7, 11) is -4.18. The van der Waals surface area contributed by atoms with Crippen LogP contribution < -0.4 is 9.04 Å². The van der Waals surface area contributed by atoms with Crippen molar-refractivity contribution in [2.75, 3.05) is 4.31 Å². The van der Waals surface area contributed by atoms with Gasteiger partial charge in [0.25, 0.3) is 10.0 Å². The Balaban J connectivity index is 1.30. The average molecular weight is 559 g/mol. The molecular formula is C27H21F3N2O6S. The van der Waals surface area contributed by atoms with Gasteiger partial charge in [-0.05, 0) is 67.1 Å². The third kappa shape index (κ3) is 5.07. The molecule has 1 aliphatic rings. The lowest BCUT2D eigenvalue weighted by Gasteiger charge is -2.24. The second kappa shape index (κ2) is 9.77. The number of alkyl halides is 3. The lowest BCUT2D eigenvalue weighted by molar-refractivity contribution is -0.138. The Bertz CT molecular complexity index is 1630. The molecule has 12 heteroatoms. The van der Waals surface area contributed by atoms with Crippen LogP contribution in [0.4, 0.5) is 18.9 Å². The summed E-state index contributed by atoms with van der Waals surface area (Å²) in [5, 5.41) is 9.64. The van der Waals surface area contributed by atoms with Crippen LogP contribution in [0.25, 0.3) is 11.5 Å². The van der Waals surface area contributed by atoms with Gasteiger partial charge in [-0.2, -0.15) is 13.2 Å². The molecule has 2 heterocycles. The van der Waals surface area contributed by atoms with E-state index < -0.39 is 33.8 Å². The zero-order valence-electron chi connectivity index (χ0n) is 20.3. The number of sulfonamides is 1. The van der Waals surface area contributed by atoms with Crippen LogP contribution >= 0.6 is 0 Å². The fourth-order valence-corrected chi connectivity index (χ4v) is 5.95. The van der Waals surface area contributed by atoms with Gasteiger partial charge in [-0.3, -0.25) is 4.31 Å². The number of aliphatic carboxylic acids is 1. The van der Waals surface area contributed by atoms with Gasteiger partial charge >= 0.3 is 12.1 Å². The molecule has 0 amide bonds. The first-order valence-corrected chi connectivity index (χ1v) is 13.1. The number of hydrogen-bond donors (Lipinski definition) is 1. The van der Waals surface area contributed by atoms with Crippen LogP contribution in [0.2, 0.25) is 0 Å². The Morgan fingerprint density at radius 3 is 2.38 bits per heavy atom. The molecule has 1 aliphatic heterocycles. The van der Waals surface area contributed by atoms with Gasteiger partial charge in [0.05, 0.1) is 16.1 Å². The molecule has 39 heavy (non-hydrogen) atoms. The number of ether oxygens (including phenoxy) is 1. The van der Waals surface area contributed by atoms with Gasteiger partial charge in [-0.1, -0.05) is 18.2 Å². The standard InChI is InChI=1S/C27H21F3N2O6S/c1-16-22(31-25(38-16)17-6-8-19(9-7-17)27(28,29)30)15-37-20-10-12-21(13-11-20)39(35,36)32-23-5-3-2-4-18(23)14-24(32)26(33)34/h2-13,24H,14-15H2,1H3,(H,33,34)/t24-/m1/s1. The number of oxazole rings is 1. The predicted molar refractivity (Wildman–Crippen MR) is 134 cm³/mol. The van der Waals surface area contributed by atoms with E-state index in [0.29, 0.717) is 34.0 Å². The van der Waals surface area contributed by atoms with Crippen molar-refractivity contribution in [3.05, 3.63) is 95.4 Å². The van der Waals surface area contributed by atoms with Crippen LogP contribution in [0, 0.1) is 6.92 Å². The maximum Gasteiger partial charge on any atom is 0.416 e. The van der Waals surface area contributed by atoms with E-state index >= 15 is 0 Å². The Morgan fingerprint density at radius 1 is 1.08 bits per heavy atom. The van der Waals surface area contributed by atoms with E-state index in [4.69, 9.17) is 9.15 Å². The van der Waals surface area contributed by atoms with E-state index in [1.807, 2.05) is 0 Å². The van der Waals surface area contributed by atoms with Crippen LogP contribution in [0.15, 0.2) is 82.1 Å². The summed E-state index contributed by atoms with van der Waals surface area (Å²) in [5.41, 5.74) is 0.966. The molecule has 5 rings (SSSR count). The number of aromatic nitrogens is 1. The van der Waals surface area contributed by atoms with Crippen molar-refractivity contribution >= 4 is 21.7 Å². The van der Waals surface area contributed by atoms with Crippen molar-refractivity contribution in [1.82, 2.24) is 4.98 Å². The number of carbonyl (C=O) groups is 1. The summed E-state index contributed by atoms with van der Waals surface area (Å²) in [5.74, 6) is -0.367. The zero-order chi connectivity index (χ0) is 27.9. The number of carboxylic acid groups (broad SMARTS) is 1. The highest BCUT2D eigenvalue weighted by Crippen LogP contribution is 2.37. The molecule has 0 fully saturated rings. The average Bonchev–Trinajstić information content (AvgIpc) is 3.48. The highest BCUT2D eigenvalue weighted by atomic mass is 32.2. The summed E-state index contributed by atoms with van der Waals surface area (Å²) >= 11 is 0. The molecular weight excluding hydrogens is 537 g/mol. The third-order valence-corrected chi connectivity index (χ3v) is 8.16. The fraction of sp³-hybridized carbons (Fsp3) is 0.185. The molecule has 0 aliphatic carbocycles. The topological polar surface area (TPSA) is 110 Å². The smallest absolute Gasteiger partial charge is 0.416 e. The molecule has 0 unspecified atom stereocenters. The molecule has 0 spiro atoms. The normalized spacial score (nSPS) is 15.3. The van der Waals surface area contributed by atoms with E-state index in [0.717, 1.165) is 16.4 Å². The van der Waals surface area contributed by atoms with Crippen LogP contribution in [-0.4, -0.2) is 30.5 Å². The molecule has 0 saturated carbocycles. The van der Waals surface area contributed by atoms with E-state index in [-0.39, 0.29) is 23.8 Å². The molecule has 3 aromatic carbocycles. The summed E-state index contributed by atoms with van der Waals surface area (Å²) in [6.07, 6.45) is -4.38. The zero-order valence-corrected chi connectivity index (χ0v) is 21.2. The van der Waals surface area contributed by atoms with Gasteiger partial charge in [0.15, 0.2) is 0 Å². The Kier molecular flexibility index (Phi) is 6.59. The first-order chi connectivity index (χ1) is 18.4. The summed E-state index contributed by atoms with van der Waals surface area (Å²) in [6.45, 7) is 1.60. The first kappa shape index (κ1) is 26.3. The fourth-order valence-electron chi connectivity index (χ4n) is 4.30. The number of carboxylic acids is 1. The number of rotatable bonds is 7. The molecule has 1 N–H and O–H groups in total. The van der Waals surface area contributed by atoms with Crippen LogP contribution in [0.5, 0.6) is 5.75 Å². The van der Waals surface area contributed by atoms with Gasteiger partial charge in [-0.25, -0.2) is 18.2 Å². The molecule has 0 bridgehead atoms. The predicted octanol–water partition coefficient (Wildman–Crippen LogP) is 5.45. The number of fused-ring (bicyclic) bond motifs is 1. The quantitative estimate of drug-likeness (QED) is 0.321. The van der Waals surface area contributed by atoms with E-state index in [1.54, 1.807) is 31.2 Å². The van der Waals surface area contributed by atoms with Gasteiger partial charge in [-0.15, -0.1) is 0 Å². The minimum absolute atomic E-state index is 0.0390. The molecule has 1 aromatic heterocycles. The number of anilines is 1. The second-order valence-electron chi connectivity index (χ2n) is 8.84. The Morgan fingerprint density at radius 2 is 1.74 bits per heavy atom. The third-order valence-electron chi connectivity index (χ3n) is 6.32. The maximum atomic E-state index is 13.4. The van der Waals surface area contributed by atoms with Crippen molar-refractivity contribution in [2.24, 2.45) is 0 Å². The largest absolute Gasteiger partial charge is 0.487 e. The van der Waals surface area contributed by atoms with Gasteiger partial charge in [0.2, 0.25) is 5.89 Å². The number of hydrogen-bond acceptors (Lipinski definition) is 6. The van der Waals surface area contributed by atoms with E-state index in [1.165, 1.54) is 36.4 Å². The Hall–Kier alpha value is -4.32. The maximum absolute atomic E-state index is 13.4. The minimum Gasteiger partial charge on any atom is -0.487 e. The minimum atomic E-state index is -4.45. The van der Waals surface area contributed by atoms with Crippen molar-refractivity contribution in [3.63, 3.8) is 0 Å². The molecule has 0 saturated heterocycles. The highest BCUT2D eigenvalue weighted by molar-refractivity contribution is 7.93. The summed E-state index contributed by atoms with van der Waals surface area (Å²) in [4.78, 5) is 16.0. The SMILES string of the molecule is Cc1oc(-c2ccc(C(F)(F)F)cc2)nc1COc1ccc(S(=O)(=O)N2c3ccccc3C[C@@H]2C(=O)O)cc1. The number of halogens is 3. The molecule has 4 aromatic rings. The number of para-hydroxylation sites is 1. The number of nitrogens with zero attached hydrogens (tertiary/aromatic N) is 2. The summed E-state index contributed by atoms with van der Waals surface area (Å²) in [6, 6.07) is 15.4. The first-order valence-electron chi connectivity index (χ1n) is 11.7. The molecule has 202 valence electrons. The van der Waals surface area contributed by atoms with Crippen molar-refractivity contribution in [3.8, 4) is 17.2 Å². The van der Waals surface area contributed by atoms with Crippen LogP contribution in [-0.2, 0) is 34.0 Å². The summed E-state index contributed by atoms with van der Waals surface area (Å²) < 4.78 is 77.5. The van der Waals surface area contributed by atoms with Gasteiger partial charge in [0, 0.05) is 12.0 Å². The van der Waals surface area contributed by atoms with E-state index in [2.05, 4.69) is 4.98 Å².